The molecule has 0 aromatic heterocycles. The molecule has 2 aromatic rings. The Balaban J connectivity index is 1.54. The third-order valence-electron chi connectivity index (χ3n) is 5.95. The van der Waals surface area contributed by atoms with Gasteiger partial charge < -0.3 is 15.4 Å². The number of anilines is 2. The number of hydrogen-bond acceptors (Lipinski definition) is 5. The molecule has 0 aliphatic carbocycles. The summed E-state index contributed by atoms with van der Waals surface area (Å²) in [5, 5.41) is 5.49. The third kappa shape index (κ3) is 4.72. The molecule has 0 saturated carbocycles. The first kappa shape index (κ1) is 23.2. The summed E-state index contributed by atoms with van der Waals surface area (Å²) in [5.74, 6) is -1.19. The van der Waals surface area contributed by atoms with Gasteiger partial charge in [-0.15, -0.1) is 0 Å². The lowest BCUT2D eigenvalue weighted by atomic mass is 9.99. The van der Waals surface area contributed by atoms with E-state index in [0.717, 1.165) is 0 Å². The Morgan fingerprint density at radius 2 is 2.00 bits per heavy atom. The van der Waals surface area contributed by atoms with Gasteiger partial charge in [-0.1, -0.05) is 6.92 Å². The van der Waals surface area contributed by atoms with E-state index < -0.39 is 27.9 Å². The van der Waals surface area contributed by atoms with Crippen LogP contribution in [0.2, 0.25) is 0 Å². The van der Waals surface area contributed by atoms with E-state index >= 15 is 0 Å². The first-order valence-corrected chi connectivity index (χ1v) is 12.3. The van der Waals surface area contributed by atoms with Crippen molar-refractivity contribution in [2.45, 2.75) is 44.1 Å². The fraction of sp³-hybridized carbons (Fsp3) is 0.391. The van der Waals surface area contributed by atoms with Crippen molar-refractivity contribution in [1.29, 1.82) is 0 Å². The Bertz CT molecular complexity index is 1180. The number of rotatable bonds is 5. The van der Waals surface area contributed by atoms with E-state index in [4.69, 9.17) is 4.74 Å². The summed E-state index contributed by atoms with van der Waals surface area (Å²) in [6.45, 7) is 3.81. The minimum Gasteiger partial charge on any atom is -0.478 e. The minimum atomic E-state index is -3.90. The molecule has 2 heterocycles. The van der Waals surface area contributed by atoms with Crippen molar-refractivity contribution in [3.63, 3.8) is 0 Å². The second kappa shape index (κ2) is 9.11. The van der Waals surface area contributed by atoms with Gasteiger partial charge in [0.25, 0.3) is 5.91 Å². The van der Waals surface area contributed by atoms with Gasteiger partial charge in [0.1, 0.15) is 11.6 Å². The Morgan fingerprint density at radius 3 is 2.70 bits per heavy atom. The van der Waals surface area contributed by atoms with E-state index in [1.54, 1.807) is 13.0 Å². The van der Waals surface area contributed by atoms with Crippen LogP contribution in [-0.4, -0.2) is 43.7 Å². The fourth-order valence-corrected chi connectivity index (χ4v) is 5.87. The highest BCUT2D eigenvalue weighted by atomic mass is 32.2. The fourth-order valence-electron chi connectivity index (χ4n) is 4.12. The number of sulfonamides is 1. The van der Waals surface area contributed by atoms with Gasteiger partial charge in [0.15, 0.2) is 6.10 Å². The molecule has 0 spiro atoms. The summed E-state index contributed by atoms with van der Waals surface area (Å²) in [6.07, 6.45) is 0.869. The number of amides is 2. The lowest BCUT2D eigenvalue weighted by Gasteiger charge is -2.32. The number of nitrogens with one attached hydrogen (secondary N) is 2. The van der Waals surface area contributed by atoms with Crippen molar-refractivity contribution < 1.29 is 27.1 Å². The Labute approximate surface area is 192 Å². The van der Waals surface area contributed by atoms with Gasteiger partial charge in [-0.25, -0.2) is 12.8 Å². The van der Waals surface area contributed by atoms with Crippen LogP contribution in [0.5, 0.6) is 5.75 Å². The summed E-state index contributed by atoms with van der Waals surface area (Å²) in [5.41, 5.74) is 1.37. The zero-order valence-electron chi connectivity index (χ0n) is 18.4. The third-order valence-corrected chi connectivity index (χ3v) is 7.96. The maximum absolute atomic E-state index is 13.5. The van der Waals surface area contributed by atoms with Crippen LogP contribution in [-0.2, 0) is 19.6 Å². The lowest BCUT2D eigenvalue weighted by molar-refractivity contribution is -0.123. The largest absolute Gasteiger partial charge is 0.478 e. The minimum absolute atomic E-state index is 0.0427. The Morgan fingerprint density at radius 1 is 1.27 bits per heavy atom. The smallest absolute Gasteiger partial charge is 0.265 e. The number of halogens is 1. The zero-order chi connectivity index (χ0) is 23.8. The number of carbonyl (C=O) groups excluding carboxylic acids is 2. The number of aryl methyl sites for hydroxylation is 1. The summed E-state index contributed by atoms with van der Waals surface area (Å²) >= 11 is 0. The molecular weight excluding hydrogens is 449 g/mol. The number of piperidine rings is 1. The predicted octanol–water partition coefficient (Wildman–Crippen LogP) is 3.28. The maximum atomic E-state index is 13.5. The van der Waals surface area contributed by atoms with Gasteiger partial charge in [0, 0.05) is 24.8 Å². The normalized spacial score (nSPS) is 21.0. The average molecular weight is 476 g/mol. The first-order chi connectivity index (χ1) is 15.7. The maximum Gasteiger partial charge on any atom is 0.265 e. The van der Waals surface area contributed by atoms with Gasteiger partial charge >= 0.3 is 0 Å². The first-order valence-electron chi connectivity index (χ1n) is 10.9. The van der Waals surface area contributed by atoms with Crippen molar-refractivity contribution >= 4 is 33.2 Å². The number of nitrogens with zero attached hydrogens (tertiary/aromatic N) is 1. The van der Waals surface area contributed by atoms with Crippen molar-refractivity contribution in [2.24, 2.45) is 5.92 Å². The quantitative estimate of drug-likeness (QED) is 0.691. The second-order valence-electron chi connectivity index (χ2n) is 8.32. The second-order valence-corrected chi connectivity index (χ2v) is 10.2. The van der Waals surface area contributed by atoms with Crippen LogP contribution in [0.15, 0.2) is 41.3 Å². The molecule has 8 nitrogen and oxygen atoms in total. The van der Waals surface area contributed by atoms with Crippen LogP contribution in [0.3, 0.4) is 0 Å². The summed E-state index contributed by atoms with van der Waals surface area (Å²) in [4.78, 5) is 24.9. The molecular formula is C23H26FN3O5S. The van der Waals surface area contributed by atoms with Crippen LogP contribution in [0.1, 0.15) is 31.7 Å². The van der Waals surface area contributed by atoms with E-state index in [1.807, 2.05) is 6.92 Å². The van der Waals surface area contributed by atoms with Crippen LogP contribution in [0, 0.1) is 18.7 Å². The van der Waals surface area contributed by atoms with E-state index in [1.165, 1.54) is 34.6 Å². The monoisotopic (exact) mass is 475 g/mol. The highest BCUT2D eigenvalue weighted by molar-refractivity contribution is 7.89. The van der Waals surface area contributed by atoms with Crippen molar-refractivity contribution in [1.82, 2.24) is 4.31 Å². The topological polar surface area (TPSA) is 105 Å². The molecule has 0 unspecified atom stereocenters. The number of carbonyl (C=O) groups is 2. The molecule has 10 heteroatoms. The van der Waals surface area contributed by atoms with E-state index in [2.05, 4.69) is 10.6 Å². The lowest BCUT2D eigenvalue weighted by Crippen LogP contribution is -2.44. The van der Waals surface area contributed by atoms with Gasteiger partial charge in [0.05, 0.1) is 16.5 Å². The molecule has 4 rings (SSSR count). The van der Waals surface area contributed by atoms with Crippen LogP contribution in [0.4, 0.5) is 15.8 Å². The molecule has 2 aromatic carbocycles. The van der Waals surface area contributed by atoms with Gasteiger partial charge in [-0.2, -0.15) is 4.31 Å². The van der Waals surface area contributed by atoms with E-state index in [-0.39, 0.29) is 23.3 Å². The highest BCUT2D eigenvalue weighted by Crippen LogP contribution is 2.36. The molecule has 0 radical (unpaired) electrons. The van der Waals surface area contributed by atoms with Crippen molar-refractivity contribution in [3.05, 3.63) is 47.8 Å². The summed E-state index contributed by atoms with van der Waals surface area (Å²) < 4.78 is 47.1. The molecule has 2 aliphatic heterocycles. The van der Waals surface area contributed by atoms with Gasteiger partial charge in [-0.05, 0) is 62.1 Å². The predicted molar refractivity (Wildman–Crippen MR) is 121 cm³/mol. The van der Waals surface area contributed by atoms with Crippen LogP contribution >= 0.6 is 0 Å². The molecule has 0 bridgehead atoms. The molecule has 2 N–H and O–H groups in total. The molecule has 2 amide bonds. The molecule has 2 aliphatic rings. The van der Waals surface area contributed by atoms with E-state index in [9.17, 15) is 22.4 Å². The number of fused-ring (bicyclic) bond motifs is 1. The van der Waals surface area contributed by atoms with Crippen LogP contribution in [0.25, 0.3) is 0 Å². The molecule has 1 fully saturated rings. The Kier molecular flexibility index (Phi) is 6.40. The number of benzene rings is 2. The highest BCUT2D eigenvalue weighted by Gasteiger charge is 2.36. The van der Waals surface area contributed by atoms with Crippen molar-refractivity contribution in [2.75, 3.05) is 23.7 Å². The standard InChI is InChI=1S/C23H26FN3O5S/c1-3-19-23(29)26-18-11-14(2)21(12-20(18)32-19)33(30,31)27-10-4-5-15(13-27)22(28)25-17-8-6-16(24)7-9-17/h6-9,11-12,15,19H,3-5,10,13H2,1-2H3,(H,25,28)(H,26,29)/t15-,19-/m1/s1. The molecule has 176 valence electrons. The average Bonchev–Trinajstić information content (AvgIpc) is 2.79. The zero-order valence-corrected chi connectivity index (χ0v) is 19.2. The SMILES string of the molecule is CC[C@H]1Oc2cc(S(=O)(=O)N3CCC[C@@H](C(=O)Nc4ccc(F)cc4)C3)c(C)cc2NC1=O. The van der Waals surface area contributed by atoms with Gasteiger partial charge in [-0.3, -0.25) is 9.59 Å². The van der Waals surface area contributed by atoms with E-state index in [0.29, 0.717) is 48.5 Å². The molecule has 1 saturated heterocycles. The summed E-state index contributed by atoms with van der Waals surface area (Å²) in [7, 11) is -3.90. The van der Waals surface area contributed by atoms with Crippen LogP contribution < -0.4 is 15.4 Å². The molecule has 2 atom stereocenters. The number of hydrogen-bond donors (Lipinski definition) is 2. The van der Waals surface area contributed by atoms with Crippen molar-refractivity contribution in [3.8, 4) is 5.75 Å². The number of ether oxygens (including phenoxy) is 1. The Hall–Kier alpha value is -2.98. The van der Waals surface area contributed by atoms with Gasteiger partial charge in [0.2, 0.25) is 15.9 Å². The molecule has 33 heavy (non-hydrogen) atoms. The summed E-state index contributed by atoms with van der Waals surface area (Å²) in [6, 6.07) is 8.46.